The SMILES string of the molecule is Cc1ccc2nc(C3CC3)cc(C(=O)N3CCC(N)C3)c2c1. The molecule has 1 saturated heterocycles. The molecule has 0 bridgehead atoms. The number of amides is 1. The topological polar surface area (TPSA) is 59.2 Å². The van der Waals surface area contributed by atoms with Crippen molar-refractivity contribution in [1.82, 2.24) is 9.88 Å². The van der Waals surface area contributed by atoms with Gasteiger partial charge in [0.1, 0.15) is 0 Å². The lowest BCUT2D eigenvalue weighted by Gasteiger charge is -2.18. The summed E-state index contributed by atoms with van der Waals surface area (Å²) in [6.45, 7) is 3.47. The first kappa shape index (κ1) is 13.7. The van der Waals surface area contributed by atoms with Gasteiger partial charge < -0.3 is 10.6 Å². The number of fused-ring (bicyclic) bond motifs is 1. The first-order chi connectivity index (χ1) is 10.6. The lowest BCUT2D eigenvalue weighted by Crippen LogP contribution is -2.32. The highest BCUT2D eigenvalue weighted by atomic mass is 16.2. The number of nitrogens with zero attached hydrogens (tertiary/aromatic N) is 2. The van der Waals surface area contributed by atoms with E-state index in [4.69, 9.17) is 10.7 Å². The zero-order valence-electron chi connectivity index (χ0n) is 12.9. The van der Waals surface area contributed by atoms with Crippen LogP contribution in [0, 0.1) is 6.92 Å². The highest BCUT2D eigenvalue weighted by molar-refractivity contribution is 6.06. The molecule has 1 aliphatic heterocycles. The molecule has 2 aliphatic rings. The Kier molecular flexibility index (Phi) is 3.15. The van der Waals surface area contributed by atoms with Gasteiger partial charge in [-0.3, -0.25) is 9.78 Å². The second-order valence-corrected chi connectivity index (χ2v) is 6.69. The standard InChI is InChI=1S/C18H21N3O/c1-11-2-5-16-14(8-11)15(9-17(20-16)12-3-4-12)18(22)21-7-6-13(19)10-21/h2,5,8-9,12-13H,3-4,6-7,10,19H2,1H3. The van der Waals surface area contributed by atoms with Crippen molar-refractivity contribution in [3.8, 4) is 0 Å². The van der Waals surface area contributed by atoms with Gasteiger partial charge in [-0.15, -0.1) is 0 Å². The van der Waals surface area contributed by atoms with Crippen LogP contribution in [0.4, 0.5) is 0 Å². The third-order valence-electron chi connectivity index (χ3n) is 4.72. The molecule has 114 valence electrons. The molecule has 2 heterocycles. The van der Waals surface area contributed by atoms with Crippen LogP contribution in [0.2, 0.25) is 0 Å². The van der Waals surface area contributed by atoms with Crippen molar-refractivity contribution in [3.63, 3.8) is 0 Å². The summed E-state index contributed by atoms with van der Waals surface area (Å²) in [7, 11) is 0. The Hall–Kier alpha value is -1.94. The molecular weight excluding hydrogens is 274 g/mol. The van der Waals surface area contributed by atoms with E-state index in [9.17, 15) is 4.79 Å². The Labute approximate surface area is 130 Å². The number of aryl methyl sites for hydroxylation is 1. The quantitative estimate of drug-likeness (QED) is 0.926. The third-order valence-corrected chi connectivity index (χ3v) is 4.72. The van der Waals surface area contributed by atoms with Crippen LogP contribution in [0.3, 0.4) is 0 Å². The maximum Gasteiger partial charge on any atom is 0.254 e. The van der Waals surface area contributed by atoms with Crippen LogP contribution in [0.1, 0.15) is 46.8 Å². The summed E-state index contributed by atoms with van der Waals surface area (Å²) in [6.07, 6.45) is 3.27. The molecule has 1 aromatic carbocycles. The molecule has 1 atom stereocenters. The number of benzene rings is 1. The first-order valence-electron chi connectivity index (χ1n) is 8.08. The maximum atomic E-state index is 13.0. The summed E-state index contributed by atoms with van der Waals surface area (Å²) in [5, 5.41) is 0.967. The van der Waals surface area contributed by atoms with E-state index >= 15 is 0 Å². The third kappa shape index (κ3) is 2.37. The van der Waals surface area contributed by atoms with Crippen LogP contribution in [0.5, 0.6) is 0 Å². The molecule has 1 aliphatic carbocycles. The van der Waals surface area contributed by atoms with Crippen LogP contribution in [0.25, 0.3) is 10.9 Å². The van der Waals surface area contributed by atoms with E-state index in [1.165, 1.54) is 12.8 Å². The Morgan fingerprint density at radius 3 is 2.77 bits per heavy atom. The molecule has 2 N–H and O–H groups in total. The van der Waals surface area contributed by atoms with Gasteiger partial charge in [0.05, 0.1) is 11.1 Å². The van der Waals surface area contributed by atoms with Gasteiger partial charge in [-0.1, -0.05) is 11.6 Å². The lowest BCUT2D eigenvalue weighted by atomic mass is 10.0. The second-order valence-electron chi connectivity index (χ2n) is 6.69. The average molecular weight is 295 g/mol. The molecule has 1 amide bonds. The zero-order chi connectivity index (χ0) is 15.3. The summed E-state index contributed by atoms with van der Waals surface area (Å²) in [6, 6.07) is 8.30. The predicted molar refractivity (Wildman–Crippen MR) is 87.0 cm³/mol. The number of hydrogen-bond acceptors (Lipinski definition) is 3. The zero-order valence-corrected chi connectivity index (χ0v) is 12.9. The fourth-order valence-corrected chi connectivity index (χ4v) is 3.27. The van der Waals surface area contributed by atoms with E-state index in [1.54, 1.807) is 0 Å². The molecule has 2 aromatic rings. The second kappa shape index (κ2) is 5.06. The summed E-state index contributed by atoms with van der Waals surface area (Å²) in [5.74, 6) is 0.644. The van der Waals surface area contributed by atoms with Crippen LogP contribution >= 0.6 is 0 Å². The van der Waals surface area contributed by atoms with E-state index < -0.39 is 0 Å². The molecule has 4 heteroatoms. The van der Waals surface area contributed by atoms with Crippen molar-refractivity contribution in [2.45, 2.75) is 38.1 Å². The number of nitrogens with two attached hydrogens (primary N) is 1. The van der Waals surface area contributed by atoms with Crippen molar-refractivity contribution >= 4 is 16.8 Å². The number of carbonyl (C=O) groups is 1. The normalized spacial score (nSPS) is 21.5. The summed E-state index contributed by atoms with van der Waals surface area (Å²) >= 11 is 0. The minimum Gasteiger partial charge on any atom is -0.337 e. The molecular formula is C18H21N3O. The monoisotopic (exact) mass is 295 g/mol. The number of rotatable bonds is 2. The number of aromatic nitrogens is 1. The largest absolute Gasteiger partial charge is 0.337 e. The molecule has 1 aromatic heterocycles. The van der Waals surface area contributed by atoms with Gasteiger partial charge in [-0.25, -0.2) is 0 Å². The van der Waals surface area contributed by atoms with Crippen molar-refractivity contribution in [2.24, 2.45) is 5.73 Å². The van der Waals surface area contributed by atoms with Crippen LogP contribution < -0.4 is 5.73 Å². The molecule has 2 fully saturated rings. The van der Waals surface area contributed by atoms with E-state index in [0.717, 1.165) is 40.7 Å². The van der Waals surface area contributed by atoms with Gasteiger partial charge in [-0.05, 0) is 44.4 Å². The van der Waals surface area contributed by atoms with Crippen molar-refractivity contribution in [2.75, 3.05) is 13.1 Å². The molecule has 0 spiro atoms. The average Bonchev–Trinajstić information content (AvgIpc) is 3.27. The Bertz CT molecular complexity index is 751. The van der Waals surface area contributed by atoms with Crippen LogP contribution in [-0.4, -0.2) is 34.9 Å². The number of carbonyl (C=O) groups excluding carboxylic acids is 1. The molecule has 1 saturated carbocycles. The van der Waals surface area contributed by atoms with Gasteiger partial charge in [-0.2, -0.15) is 0 Å². The molecule has 4 nitrogen and oxygen atoms in total. The van der Waals surface area contributed by atoms with Crippen molar-refractivity contribution < 1.29 is 4.79 Å². The van der Waals surface area contributed by atoms with Gasteiger partial charge >= 0.3 is 0 Å². The number of pyridine rings is 1. The highest BCUT2D eigenvalue weighted by Gasteiger charge is 2.29. The predicted octanol–water partition coefficient (Wildman–Crippen LogP) is 2.59. The number of hydrogen-bond donors (Lipinski definition) is 1. The van der Waals surface area contributed by atoms with Crippen molar-refractivity contribution in [3.05, 3.63) is 41.1 Å². The maximum absolute atomic E-state index is 13.0. The van der Waals surface area contributed by atoms with Gasteiger partial charge in [0.25, 0.3) is 5.91 Å². The lowest BCUT2D eigenvalue weighted by molar-refractivity contribution is 0.0792. The first-order valence-corrected chi connectivity index (χ1v) is 8.08. The summed E-state index contributed by atoms with van der Waals surface area (Å²) < 4.78 is 0. The van der Waals surface area contributed by atoms with E-state index in [2.05, 4.69) is 12.1 Å². The Morgan fingerprint density at radius 2 is 2.09 bits per heavy atom. The molecule has 22 heavy (non-hydrogen) atoms. The fourth-order valence-electron chi connectivity index (χ4n) is 3.27. The minimum atomic E-state index is 0.104. The highest BCUT2D eigenvalue weighted by Crippen LogP contribution is 2.40. The minimum absolute atomic E-state index is 0.104. The summed E-state index contributed by atoms with van der Waals surface area (Å²) in [4.78, 5) is 19.6. The fraction of sp³-hybridized carbons (Fsp3) is 0.444. The molecule has 0 radical (unpaired) electrons. The number of likely N-dealkylation sites (tertiary alicyclic amines) is 1. The Morgan fingerprint density at radius 1 is 1.27 bits per heavy atom. The van der Waals surface area contributed by atoms with Crippen LogP contribution in [0.15, 0.2) is 24.3 Å². The van der Waals surface area contributed by atoms with Gasteiger partial charge in [0.2, 0.25) is 0 Å². The summed E-state index contributed by atoms with van der Waals surface area (Å²) in [5.41, 5.74) is 9.91. The van der Waals surface area contributed by atoms with Crippen LogP contribution in [-0.2, 0) is 0 Å². The molecule has 4 rings (SSSR count). The molecule has 1 unspecified atom stereocenters. The van der Waals surface area contributed by atoms with Crippen molar-refractivity contribution in [1.29, 1.82) is 0 Å². The van der Waals surface area contributed by atoms with Gasteiger partial charge in [0.15, 0.2) is 0 Å². The van der Waals surface area contributed by atoms with Gasteiger partial charge in [0, 0.05) is 36.1 Å². The van der Waals surface area contributed by atoms with E-state index in [-0.39, 0.29) is 11.9 Å². The van der Waals surface area contributed by atoms with E-state index in [0.29, 0.717) is 12.5 Å². The van der Waals surface area contributed by atoms with E-state index in [1.807, 2.05) is 24.0 Å². The Balaban J connectivity index is 1.83. The smallest absolute Gasteiger partial charge is 0.254 e.